The molecule has 3 aromatic heterocycles. The molecular weight excluding hydrogens is 354 g/mol. The molecule has 8 nitrogen and oxygen atoms in total. The minimum absolute atomic E-state index is 0.0960. The Morgan fingerprint density at radius 1 is 1.11 bits per heavy atom. The molecule has 0 aromatic carbocycles. The predicted molar refractivity (Wildman–Crippen MR) is 108 cm³/mol. The summed E-state index contributed by atoms with van der Waals surface area (Å²) in [5, 5.41) is 4.59. The van der Waals surface area contributed by atoms with Crippen LogP contribution < -0.4 is 15.4 Å². The molecule has 144 valence electrons. The van der Waals surface area contributed by atoms with Gasteiger partial charge in [0.1, 0.15) is 5.82 Å². The number of aromatic nitrogens is 5. The lowest BCUT2D eigenvalue weighted by molar-refractivity contribution is 0.488. The van der Waals surface area contributed by atoms with Crippen molar-refractivity contribution in [2.45, 2.75) is 25.4 Å². The van der Waals surface area contributed by atoms with Crippen molar-refractivity contribution in [3.05, 3.63) is 59.3 Å². The highest BCUT2D eigenvalue weighted by molar-refractivity contribution is 5.57. The molecule has 0 spiro atoms. The average Bonchev–Trinajstić information content (AvgIpc) is 3.18. The average molecular weight is 377 g/mol. The molecule has 0 bridgehead atoms. The first-order chi connectivity index (χ1) is 13.6. The summed E-state index contributed by atoms with van der Waals surface area (Å²) in [6.45, 7) is 1.44. The highest BCUT2D eigenvalue weighted by atomic mass is 16.1. The van der Waals surface area contributed by atoms with E-state index in [0.717, 1.165) is 36.5 Å². The standard InChI is InChI=1S/C20H23N7O/c1-25(2)20-22-12-9-18(23-20)26-13-3-4-16(26)14-27-19(28)6-5-17(24-27)15-7-10-21-11-8-15/h5-12,16H,3-4,13-14H2,1-2H3. The minimum atomic E-state index is -0.0960. The van der Waals surface area contributed by atoms with E-state index in [-0.39, 0.29) is 11.6 Å². The Kier molecular flexibility index (Phi) is 5.01. The molecule has 1 aliphatic rings. The molecular formula is C20H23N7O. The highest BCUT2D eigenvalue weighted by Crippen LogP contribution is 2.25. The molecule has 3 aromatic rings. The summed E-state index contributed by atoms with van der Waals surface area (Å²) in [7, 11) is 3.85. The lowest BCUT2D eigenvalue weighted by Gasteiger charge is -2.26. The summed E-state index contributed by atoms with van der Waals surface area (Å²) in [5.41, 5.74) is 1.61. The van der Waals surface area contributed by atoms with Gasteiger partial charge in [0.05, 0.1) is 18.3 Å². The maximum atomic E-state index is 12.4. The van der Waals surface area contributed by atoms with Crippen LogP contribution >= 0.6 is 0 Å². The van der Waals surface area contributed by atoms with Gasteiger partial charge in [-0.25, -0.2) is 9.67 Å². The van der Waals surface area contributed by atoms with Crippen LogP contribution in [0.4, 0.5) is 11.8 Å². The van der Waals surface area contributed by atoms with Gasteiger partial charge in [-0.15, -0.1) is 0 Å². The van der Waals surface area contributed by atoms with E-state index in [2.05, 4.69) is 25.0 Å². The van der Waals surface area contributed by atoms with Gasteiger partial charge in [0, 0.05) is 50.9 Å². The molecule has 1 unspecified atom stereocenters. The van der Waals surface area contributed by atoms with Gasteiger partial charge in [-0.2, -0.15) is 10.1 Å². The topological polar surface area (TPSA) is 80.0 Å². The van der Waals surface area contributed by atoms with Gasteiger partial charge in [0.15, 0.2) is 0 Å². The van der Waals surface area contributed by atoms with Crippen LogP contribution in [0.5, 0.6) is 0 Å². The van der Waals surface area contributed by atoms with Crippen LogP contribution in [0.15, 0.2) is 53.7 Å². The lowest BCUT2D eigenvalue weighted by atomic mass is 10.2. The Labute approximate surface area is 163 Å². The molecule has 28 heavy (non-hydrogen) atoms. The van der Waals surface area contributed by atoms with Crippen molar-refractivity contribution in [1.29, 1.82) is 0 Å². The number of anilines is 2. The summed E-state index contributed by atoms with van der Waals surface area (Å²) in [4.78, 5) is 29.5. The monoisotopic (exact) mass is 377 g/mol. The second kappa shape index (κ2) is 7.75. The van der Waals surface area contributed by atoms with E-state index >= 15 is 0 Å². The van der Waals surface area contributed by atoms with Crippen molar-refractivity contribution in [3.63, 3.8) is 0 Å². The van der Waals surface area contributed by atoms with Gasteiger partial charge < -0.3 is 9.80 Å². The van der Waals surface area contributed by atoms with Crippen LogP contribution in [0.25, 0.3) is 11.3 Å². The zero-order chi connectivity index (χ0) is 19.5. The molecule has 0 radical (unpaired) electrons. The smallest absolute Gasteiger partial charge is 0.266 e. The van der Waals surface area contributed by atoms with Crippen molar-refractivity contribution in [2.75, 3.05) is 30.4 Å². The summed E-state index contributed by atoms with van der Waals surface area (Å²) in [6.07, 6.45) is 7.28. The van der Waals surface area contributed by atoms with Crippen LogP contribution in [-0.4, -0.2) is 51.4 Å². The van der Waals surface area contributed by atoms with E-state index in [9.17, 15) is 4.79 Å². The third-order valence-electron chi connectivity index (χ3n) is 4.93. The van der Waals surface area contributed by atoms with Crippen LogP contribution in [0.3, 0.4) is 0 Å². The van der Waals surface area contributed by atoms with Gasteiger partial charge in [-0.1, -0.05) is 0 Å². The Morgan fingerprint density at radius 3 is 2.71 bits per heavy atom. The molecule has 1 fully saturated rings. The third kappa shape index (κ3) is 3.71. The van der Waals surface area contributed by atoms with Gasteiger partial charge in [-0.05, 0) is 37.1 Å². The second-order valence-electron chi connectivity index (χ2n) is 7.07. The van der Waals surface area contributed by atoms with E-state index in [1.165, 1.54) is 0 Å². The van der Waals surface area contributed by atoms with Crippen molar-refractivity contribution in [3.8, 4) is 11.3 Å². The van der Waals surface area contributed by atoms with Crippen molar-refractivity contribution in [2.24, 2.45) is 0 Å². The van der Waals surface area contributed by atoms with Gasteiger partial charge in [0.25, 0.3) is 5.56 Å². The molecule has 4 rings (SSSR count). The third-order valence-corrected chi connectivity index (χ3v) is 4.93. The largest absolute Gasteiger partial charge is 0.352 e. The fourth-order valence-corrected chi connectivity index (χ4v) is 3.50. The van der Waals surface area contributed by atoms with E-state index in [1.54, 1.807) is 35.4 Å². The zero-order valence-corrected chi connectivity index (χ0v) is 16.1. The van der Waals surface area contributed by atoms with Crippen LogP contribution in [-0.2, 0) is 6.54 Å². The molecule has 1 atom stereocenters. The maximum absolute atomic E-state index is 12.4. The Bertz CT molecular complexity index is 1000. The van der Waals surface area contributed by atoms with E-state index in [4.69, 9.17) is 0 Å². The second-order valence-corrected chi connectivity index (χ2v) is 7.07. The molecule has 0 aliphatic carbocycles. The maximum Gasteiger partial charge on any atom is 0.266 e. The fourth-order valence-electron chi connectivity index (χ4n) is 3.50. The van der Waals surface area contributed by atoms with E-state index in [1.807, 2.05) is 37.2 Å². The fraction of sp³-hybridized carbons (Fsp3) is 0.350. The first-order valence-electron chi connectivity index (χ1n) is 9.37. The van der Waals surface area contributed by atoms with Crippen molar-refractivity contribution >= 4 is 11.8 Å². The van der Waals surface area contributed by atoms with Crippen LogP contribution in [0.1, 0.15) is 12.8 Å². The Balaban J connectivity index is 1.60. The molecule has 1 saturated heterocycles. The number of nitrogens with zero attached hydrogens (tertiary/aromatic N) is 7. The minimum Gasteiger partial charge on any atom is -0.352 e. The summed E-state index contributed by atoms with van der Waals surface area (Å²) in [5.74, 6) is 1.57. The number of hydrogen-bond donors (Lipinski definition) is 0. The number of rotatable bonds is 5. The Hall–Kier alpha value is -3.29. The normalized spacial score (nSPS) is 16.4. The van der Waals surface area contributed by atoms with Crippen LogP contribution in [0.2, 0.25) is 0 Å². The van der Waals surface area contributed by atoms with E-state index in [0.29, 0.717) is 12.5 Å². The summed E-state index contributed by atoms with van der Waals surface area (Å²) in [6, 6.07) is 9.22. The summed E-state index contributed by atoms with van der Waals surface area (Å²) < 4.78 is 1.56. The summed E-state index contributed by atoms with van der Waals surface area (Å²) >= 11 is 0. The SMILES string of the molecule is CN(C)c1nccc(N2CCCC2Cn2nc(-c3ccncc3)ccc2=O)n1. The molecule has 0 N–H and O–H groups in total. The molecule has 4 heterocycles. The van der Waals surface area contributed by atoms with E-state index < -0.39 is 0 Å². The Morgan fingerprint density at radius 2 is 1.93 bits per heavy atom. The van der Waals surface area contributed by atoms with Crippen LogP contribution in [0, 0.1) is 0 Å². The quantitative estimate of drug-likeness (QED) is 0.671. The molecule has 1 aliphatic heterocycles. The van der Waals surface area contributed by atoms with Crippen molar-refractivity contribution in [1.82, 2.24) is 24.7 Å². The molecule has 0 amide bonds. The molecule has 8 heteroatoms. The number of hydrogen-bond acceptors (Lipinski definition) is 7. The first-order valence-corrected chi connectivity index (χ1v) is 9.37. The first kappa shape index (κ1) is 18.1. The van der Waals surface area contributed by atoms with Gasteiger partial charge >= 0.3 is 0 Å². The van der Waals surface area contributed by atoms with Gasteiger partial charge in [-0.3, -0.25) is 9.78 Å². The highest BCUT2D eigenvalue weighted by Gasteiger charge is 2.27. The zero-order valence-electron chi connectivity index (χ0n) is 16.1. The number of pyridine rings is 1. The van der Waals surface area contributed by atoms with Gasteiger partial charge in [0.2, 0.25) is 5.95 Å². The molecule has 0 saturated carbocycles. The lowest BCUT2D eigenvalue weighted by Crippen LogP contribution is -2.37. The predicted octanol–water partition coefficient (Wildman–Crippen LogP) is 1.83. The van der Waals surface area contributed by atoms with Crippen molar-refractivity contribution < 1.29 is 0 Å².